The summed E-state index contributed by atoms with van der Waals surface area (Å²) in [4.78, 5) is 24.3. The number of likely N-dealkylation sites (N-methyl/N-ethyl adjacent to an activating group) is 1. The summed E-state index contributed by atoms with van der Waals surface area (Å²) in [5.41, 5.74) is -0.637. The highest BCUT2D eigenvalue weighted by molar-refractivity contribution is 8.77. The minimum Gasteiger partial charge on any atom is -0.480 e. The van der Waals surface area contributed by atoms with Gasteiger partial charge in [-0.2, -0.15) is 0 Å². The first-order valence-electron chi connectivity index (χ1n) is 6.33. The van der Waals surface area contributed by atoms with E-state index >= 15 is 0 Å². The lowest BCUT2D eigenvalue weighted by molar-refractivity contribution is -0.141. The fourth-order valence-corrected chi connectivity index (χ4v) is 3.65. The van der Waals surface area contributed by atoms with E-state index in [4.69, 9.17) is 4.74 Å². The molecular weight excluding hydrogens is 298 g/mol. The Bertz CT molecular complexity index is 347. The summed E-state index contributed by atoms with van der Waals surface area (Å²) in [5.74, 6) is -0.715. The molecule has 0 aromatic carbocycles. The third-order valence-corrected chi connectivity index (χ3v) is 5.30. The van der Waals surface area contributed by atoms with Crippen LogP contribution in [0.25, 0.3) is 0 Å². The smallest absolute Gasteiger partial charge is 0.410 e. The molecule has 0 aliphatic rings. The molecule has 0 heterocycles. The second-order valence-corrected chi connectivity index (χ2v) is 9.59. The van der Waals surface area contributed by atoms with E-state index in [2.05, 4.69) is 20.8 Å². The molecule has 20 heavy (non-hydrogen) atoms. The number of ether oxygens (including phenoxy) is 1. The van der Waals surface area contributed by atoms with Crippen molar-refractivity contribution in [2.45, 2.75) is 57.9 Å². The minimum absolute atomic E-state index is 0.0399. The summed E-state index contributed by atoms with van der Waals surface area (Å²) >= 11 is 0. The van der Waals surface area contributed by atoms with Crippen molar-refractivity contribution in [3.05, 3.63) is 0 Å². The summed E-state index contributed by atoms with van der Waals surface area (Å²) in [5, 5.41) is 9.25. The van der Waals surface area contributed by atoms with E-state index in [9.17, 15) is 14.7 Å². The predicted octanol–water partition coefficient (Wildman–Crippen LogP) is 3.49. The summed E-state index contributed by atoms with van der Waals surface area (Å²) in [6, 6.07) is -0.898. The summed E-state index contributed by atoms with van der Waals surface area (Å²) in [7, 11) is 4.50. The Hall–Kier alpha value is -0.560. The van der Waals surface area contributed by atoms with Crippen molar-refractivity contribution < 1.29 is 19.4 Å². The molecule has 0 aromatic heterocycles. The lowest BCUT2D eigenvalue weighted by Gasteiger charge is -2.28. The maximum Gasteiger partial charge on any atom is 0.410 e. The Balaban J connectivity index is 4.59. The fourth-order valence-electron chi connectivity index (χ4n) is 1.09. The molecule has 0 aromatic rings. The lowest BCUT2D eigenvalue weighted by Crippen LogP contribution is -2.46. The van der Waals surface area contributed by atoms with E-state index in [1.54, 1.807) is 31.6 Å². The SMILES string of the molecule is CN(C(=O)OC(C)(C)C)[C@@H](CSSC(C)(C)C)C(=O)O. The Morgan fingerprint density at radius 1 is 1.20 bits per heavy atom. The van der Waals surface area contributed by atoms with Crippen LogP contribution in [-0.4, -0.2) is 51.3 Å². The van der Waals surface area contributed by atoms with Crippen molar-refractivity contribution in [3.8, 4) is 0 Å². The lowest BCUT2D eigenvalue weighted by atomic mass is 10.2. The minimum atomic E-state index is -1.03. The summed E-state index contributed by atoms with van der Waals surface area (Å²) < 4.78 is 5.23. The number of carboxylic acids is 1. The van der Waals surface area contributed by atoms with E-state index < -0.39 is 23.7 Å². The van der Waals surface area contributed by atoms with Gasteiger partial charge in [-0.15, -0.1) is 0 Å². The van der Waals surface area contributed by atoms with Crippen molar-refractivity contribution in [2.24, 2.45) is 0 Å². The highest BCUT2D eigenvalue weighted by Gasteiger charge is 2.30. The molecule has 1 N–H and O–H groups in total. The van der Waals surface area contributed by atoms with Gasteiger partial charge < -0.3 is 9.84 Å². The number of carboxylic acid groups (broad SMARTS) is 1. The van der Waals surface area contributed by atoms with Crippen molar-refractivity contribution >= 4 is 33.7 Å². The Morgan fingerprint density at radius 2 is 1.70 bits per heavy atom. The molecule has 0 saturated heterocycles. The van der Waals surface area contributed by atoms with Gasteiger partial charge in [0.15, 0.2) is 0 Å². The summed E-state index contributed by atoms with van der Waals surface area (Å²) in [6.07, 6.45) is -0.619. The highest BCUT2D eigenvalue weighted by atomic mass is 33.1. The molecule has 7 heteroatoms. The zero-order chi connectivity index (χ0) is 16.1. The summed E-state index contributed by atoms with van der Waals surface area (Å²) in [6.45, 7) is 11.4. The van der Waals surface area contributed by atoms with Gasteiger partial charge >= 0.3 is 12.1 Å². The van der Waals surface area contributed by atoms with Gasteiger partial charge in [-0.05, 0) is 20.8 Å². The maximum absolute atomic E-state index is 11.9. The van der Waals surface area contributed by atoms with Crippen LogP contribution >= 0.6 is 21.6 Å². The third kappa shape index (κ3) is 8.58. The third-order valence-electron chi connectivity index (χ3n) is 1.97. The molecule has 118 valence electrons. The predicted molar refractivity (Wildman–Crippen MR) is 85.2 cm³/mol. The molecule has 0 aliphatic carbocycles. The van der Waals surface area contributed by atoms with Crippen LogP contribution < -0.4 is 0 Å². The molecular formula is C13H25NO4S2. The zero-order valence-electron chi connectivity index (χ0n) is 13.2. The van der Waals surface area contributed by atoms with Crippen LogP contribution in [0, 0.1) is 0 Å². The van der Waals surface area contributed by atoms with Crippen molar-refractivity contribution in [3.63, 3.8) is 0 Å². The van der Waals surface area contributed by atoms with Crippen LogP contribution in [0.4, 0.5) is 4.79 Å². The molecule has 0 fully saturated rings. The topological polar surface area (TPSA) is 66.8 Å². The largest absolute Gasteiger partial charge is 0.480 e. The number of rotatable bonds is 5. The van der Waals surface area contributed by atoms with Crippen LogP contribution in [0.3, 0.4) is 0 Å². The van der Waals surface area contributed by atoms with Gasteiger partial charge in [0.1, 0.15) is 11.6 Å². The molecule has 1 atom stereocenters. The average molecular weight is 323 g/mol. The van der Waals surface area contributed by atoms with Gasteiger partial charge in [0.05, 0.1) is 0 Å². The Morgan fingerprint density at radius 3 is 2.05 bits per heavy atom. The van der Waals surface area contributed by atoms with Crippen LogP contribution in [0.2, 0.25) is 0 Å². The van der Waals surface area contributed by atoms with Gasteiger partial charge in [-0.1, -0.05) is 42.4 Å². The first kappa shape index (κ1) is 19.4. The van der Waals surface area contributed by atoms with Gasteiger partial charge in [-0.25, -0.2) is 9.59 Å². The quantitative estimate of drug-likeness (QED) is 0.781. The molecule has 0 bridgehead atoms. The standard InChI is InChI=1S/C13H25NO4S2/c1-12(2,3)18-11(17)14(7)9(10(15)16)8-19-20-13(4,5)6/h9H,8H2,1-7H3,(H,15,16)/t9-/m0/s1. The first-order valence-corrected chi connectivity index (χ1v) is 8.64. The number of nitrogens with zero attached hydrogens (tertiary/aromatic N) is 1. The van der Waals surface area contributed by atoms with E-state index in [-0.39, 0.29) is 4.75 Å². The number of carbonyl (C=O) groups excluding carboxylic acids is 1. The fraction of sp³-hybridized carbons (Fsp3) is 0.846. The van der Waals surface area contributed by atoms with E-state index in [1.807, 2.05) is 0 Å². The normalized spacial score (nSPS) is 13.8. The number of hydrogen-bond donors (Lipinski definition) is 1. The van der Waals surface area contributed by atoms with Gasteiger partial charge in [0.2, 0.25) is 0 Å². The first-order chi connectivity index (χ1) is 8.83. The monoisotopic (exact) mass is 323 g/mol. The average Bonchev–Trinajstić information content (AvgIpc) is 2.18. The van der Waals surface area contributed by atoms with Crippen molar-refractivity contribution in [1.29, 1.82) is 0 Å². The number of amides is 1. The van der Waals surface area contributed by atoms with E-state index in [1.165, 1.54) is 17.8 Å². The molecule has 0 aliphatic heterocycles. The van der Waals surface area contributed by atoms with Crippen LogP contribution in [0.1, 0.15) is 41.5 Å². The Kier molecular flexibility index (Phi) is 7.24. The van der Waals surface area contributed by atoms with Crippen molar-refractivity contribution in [2.75, 3.05) is 12.8 Å². The van der Waals surface area contributed by atoms with Gasteiger partial charge in [-0.3, -0.25) is 4.90 Å². The zero-order valence-corrected chi connectivity index (χ0v) is 14.9. The second kappa shape index (κ2) is 7.45. The van der Waals surface area contributed by atoms with Gasteiger partial charge in [0, 0.05) is 17.5 Å². The molecule has 0 unspecified atom stereocenters. The number of carbonyl (C=O) groups is 2. The van der Waals surface area contributed by atoms with E-state index in [0.717, 1.165) is 4.90 Å². The molecule has 0 radical (unpaired) electrons. The molecule has 5 nitrogen and oxygen atoms in total. The molecule has 0 rings (SSSR count). The number of hydrogen-bond acceptors (Lipinski definition) is 5. The highest BCUT2D eigenvalue weighted by Crippen LogP contribution is 2.35. The molecule has 0 saturated carbocycles. The Labute approximate surface area is 129 Å². The molecule has 1 amide bonds. The number of aliphatic carboxylic acids is 1. The van der Waals surface area contributed by atoms with Crippen LogP contribution in [0.15, 0.2) is 0 Å². The maximum atomic E-state index is 11.9. The second-order valence-electron chi connectivity index (χ2n) is 6.43. The molecule has 0 spiro atoms. The van der Waals surface area contributed by atoms with Crippen LogP contribution in [0.5, 0.6) is 0 Å². The van der Waals surface area contributed by atoms with E-state index in [0.29, 0.717) is 5.75 Å². The van der Waals surface area contributed by atoms with Crippen molar-refractivity contribution in [1.82, 2.24) is 4.90 Å². The van der Waals surface area contributed by atoms with Crippen LogP contribution in [-0.2, 0) is 9.53 Å². The van der Waals surface area contributed by atoms with Gasteiger partial charge in [0.25, 0.3) is 0 Å².